The van der Waals surface area contributed by atoms with E-state index >= 15 is 0 Å². The fourth-order valence-electron chi connectivity index (χ4n) is 3.17. The fourth-order valence-corrected chi connectivity index (χ4v) is 3.17. The number of hydrogen-bond donors (Lipinski definition) is 1. The standard InChI is InChI=1S/C17H30N4/c1-6-7-14-19-15(18)12(2)16(20-14)21-10-8-13(9-11-21)17(3,4)5/h13H,6-11H2,1-5H3,(H2,18,19,20). The SMILES string of the molecule is CCCc1nc(N)c(C)c(N2CCC(C(C)(C)C)CC2)n1. The van der Waals surface area contributed by atoms with E-state index < -0.39 is 0 Å². The average Bonchev–Trinajstić information content (AvgIpc) is 2.42. The lowest BCUT2D eigenvalue weighted by molar-refractivity contribution is 0.198. The van der Waals surface area contributed by atoms with Crippen LogP contribution in [0, 0.1) is 18.3 Å². The predicted molar refractivity (Wildman–Crippen MR) is 89.6 cm³/mol. The lowest BCUT2D eigenvalue weighted by atomic mass is 9.75. The number of aromatic nitrogens is 2. The summed E-state index contributed by atoms with van der Waals surface area (Å²) in [6, 6.07) is 0. The highest BCUT2D eigenvalue weighted by molar-refractivity contribution is 5.56. The summed E-state index contributed by atoms with van der Waals surface area (Å²) in [5, 5.41) is 0. The van der Waals surface area contributed by atoms with Gasteiger partial charge in [-0.05, 0) is 37.5 Å². The summed E-state index contributed by atoms with van der Waals surface area (Å²) in [4.78, 5) is 11.6. The lowest BCUT2D eigenvalue weighted by Gasteiger charge is -2.39. The van der Waals surface area contributed by atoms with Crippen LogP contribution in [0.4, 0.5) is 11.6 Å². The van der Waals surface area contributed by atoms with Crippen molar-refractivity contribution in [1.29, 1.82) is 0 Å². The molecular weight excluding hydrogens is 260 g/mol. The fraction of sp³-hybridized carbons (Fsp3) is 0.765. The molecule has 2 N–H and O–H groups in total. The molecule has 21 heavy (non-hydrogen) atoms. The number of nitrogens with zero attached hydrogens (tertiary/aromatic N) is 3. The molecule has 0 atom stereocenters. The van der Waals surface area contributed by atoms with Crippen molar-refractivity contribution in [3.63, 3.8) is 0 Å². The largest absolute Gasteiger partial charge is 0.383 e. The molecular formula is C17H30N4. The van der Waals surface area contributed by atoms with Crippen molar-refractivity contribution in [2.45, 2.75) is 60.3 Å². The Kier molecular flexibility index (Phi) is 4.74. The minimum atomic E-state index is 0.402. The van der Waals surface area contributed by atoms with Crippen molar-refractivity contribution in [3.8, 4) is 0 Å². The summed E-state index contributed by atoms with van der Waals surface area (Å²) in [5.41, 5.74) is 7.51. The van der Waals surface area contributed by atoms with Crippen LogP contribution in [0.15, 0.2) is 0 Å². The van der Waals surface area contributed by atoms with Crippen LogP contribution in [0.5, 0.6) is 0 Å². The second kappa shape index (κ2) is 6.20. The molecule has 0 saturated carbocycles. The van der Waals surface area contributed by atoms with Crippen LogP contribution in [-0.4, -0.2) is 23.1 Å². The normalized spacial score (nSPS) is 17.3. The van der Waals surface area contributed by atoms with Crippen molar-refractivity contribution in [1.82, 2.24) is 9.97 Å². The summed E-state index contributed by atoms with van der Waals surface area (Å²) >= 11 is 0. The van der Waals surface area contributed by atoms with E-state index in [0.717, 1.165) is 49.1 Å². The molecule has 1 saturated heterocycles. The molecule has 2 heterocycles. The average molecular weight is 290 g/mol. The first-order valence-corrected chi connectivity index (χ1v) is 8.20. The Balaban J connectivity index is 2.16. The summed E-state index contributed by atoms with van der Waals surface area (Å²) in [5.74, 6) is 3.37. The van der Waals surface area contributed by atoms with Gasteiger partial charge in [0.1, 0.15) is 17.5 Å². The van der Waals surface area contributed by atoms with E-state index in [9.17, 15) is 0 Å². The van der Waals surface area contributed by atoms with Crippen molar-refractivity contribution in [2.75, 3.05) is 23.7 Å². The molecule has 0 amide bonds. The molecule has 1 aliphatic rings. The Bertz CT molecular complexity index is 482. The van der Waals surface area contributed by atoms with Crippen molar-refractivity contribution >= 4 is 11.6 Å². The third kappa shape index (κ3) is 3.66. The Morgan fingerprint density at radius 1 is 1.19 bits per heavy atom. The van der Waals surface area contributed by atoms with Gasteiger partial charge in [0, 0.05) is 25.1 Å². The van der Waals surface area contributed by atoms with Gasteiger partial charge in [-0.25, -0.2) is 9.97 Å². The van der Waals surface area contributed by atoms with Crippen molar-refractivity contribution < 1.29 is 0 Å². The Morgan fingerprint density at radius 3 is 2.33 bits per heavy atom. The molecule has 0 bridgehead atoms. The molecule has 1 aliphatic heterocycles. The van der Waals surface area contributed by atoms with Gasteiger partial charge < -0.3 is 10.6 Å². The first-order valence-electron chi connectivity index (χ1n) is 8.20. The van der Waals surface area contributed by atoms with Crippen LogP contribution >= 0.6 is 0 Å². The number of rotatable bonds is 3. The highest BCUT2D eigenvalue weighted by Gasteiger charge is 2.30. The lowest BCUT2D eigenvalue weighted by Crippen LogP contribution is -2.39. The Hall–Kier alpha value is -1.32. The third-order valence-corrected chi connectivity index (χ3v) is 4.70. The number of nitrogens with two attached hydrogens (primary N) is 1. The van der Waals surface area contributed by atoms with Gasteiger partial charge in [0.15, 0.2) is 0 Å². The van der Waals surface area contributed by atoms with E-state index in [2.05, 4.69) is 37.6 Å². The summed E-state index contributed by atoms with van der Waals surface area (Å²) in [6.45, 7) is 13.4. The molecule has 2 rings (SSSR count). The predicted octanol–water partition coefficient (Wildman–Crippen LogP) is 3.58. The number of hydrogen-bond acceptors (Lipinski definition) is 4. The van der Waals surface area contributed by atoms with Gasteiger partial charge in [-0.1, -0.05) is 27.7 Å². The third-order valence-electron chi connectivity index (χ3n) is 4.70. The van der Waals surface area contributed by atoms with Crippen LogP contribution in [0.3, 0.4) is 0 Å². The van der Waals surface area contributed by atoms with E-state index in [0.29, 0.717) is 11.2 Å². The molecule has 0 spiro atoms. The van der Waals surface area contributed by atoms with Gasteiger partial charge in [0.25, 0.3) is 0 Å². The monoisotopic (exact) mass is 290 g/mol. The van der Waals surface area contributed by atoms with Crippen LogP contribution in [0.2, 0.25) is 0 Å². The molecule has 1 aromatic heterocycles. The minimum absolute atomic E-state index is 0.402. The Morgan fingerprint density at radius 2 is 1.81 bits per heavy atom. The number of nitrogen functional groups attached to an aromatic ring is 1. The number of aryl methyl sites for hydroxylation is 1. The molecule has 0 aliphatic carbocycles. The Labute approximate surface area is 129 Å². The second-order valence-electron chi connectivity index (χ2n) is 7.35. The molecule has 0 radical (unpaired) electrons. The molecule has 1 fully saturated rings. The van der Waals surface area contributed by atoms with E-state index in [-0.39, 0.29) is 0 Å². The van der Waals surface area contributed by atoms with Gasteiger partial charge in [0.2, 0.25) is 0 Å². The van der Waals surface area contributed by atoms with Gasteiger partial charge in [-0.2, -0.15) is 0 Å². The van der Waals surface area contributed by atoms with Crippen molar-refractivity contribution in [2.24, 2.45) is 11.3 Å². The van der Waals surface area contributed by atoms with Crippen LogP contribution in [0.1, 0.15) is 58.3 Å². The smallest absolute Gasteiger partial charge is 0.137 e. The molecule has 4 heteroatoms. The zero-order valence-electron chi connectivity index (χ0n) is 14.2. The van der Waals surface area contributed by atoms with E-state index in [1.165, 1.54) is 12.8 Å². The van der Waals surface area contributed by atoms with E-state index in [4.69, 9.17) is 10.7 Å². The summed E-state index contributed by atoms with van der Waals surface area (Å²) < 4.78 is 0. The van der Waals surface area contributed by atoms with Crippen LogP contribution < -0.4 is 10.6 Å². The zero-order valence-corrected chi connectivity index (χ0v) is 14.2. The maximum atomic E-state index is 6.08. The van der Waals surface area contributed by atoms with Gasteiger partial charge in [0.05, 0.1) is 0 Å². The summed E-state index contributed by atoms with van der Waals surface area (Å²) in [7, 11) is 0. The number of anilines is 2. The molecule has 1 aromatic rings. The first-order chi connectivity index (χ1) is 9.82. The first kappa shape index (κ1) is 16.1. The van der Waals surface area contributed by atoms with Crippen LogP contribution in [0.25, 0.3) is 0 Å². The highest BCUT2D eigenvalue weighted by atomic mass is 15.2. The number of piperidine rings is 1. The maximum Gasteiger partial charge on any atom is 0.137 e. The van der Waals surface area contributed by atoms with Gasteiger partial charge >= 0.3 is 0 Å². The van der Waals surface area contributed by atoms with Gasteiger partial charge in [-0.15, -0.1) is 0 Å². The topological polar surface area (TPSA) is 55.0 Å². The second-order valence-corrected chi connectivity index (χ2v) is 7.35. The van der Waals surface area contributed by atoms with E-state index in [1.807, 2.05) is 6.92 Å². The van der Waals surface area contributed by atoms with Crippen molar-refractivity contribution in [3.05, 3.63) is 11.4 Å². The zero-order chi connectivity index (χ0) is 15.6. The van der Waals surface area contributed by atoms with Crippen LogP contribution in [-0.2, 0) is 6.42 Å². The van der Waals surface area contributed by atoms with E-state index in [1.54, 1.807) is 0 Å². The molecule has 118 valence electrons. The van der Waals surface area contributed by atoms with Gasteiger partial charge in [-0.3, -0.25) is 0 Å². The highest BCUT2D eigenvalue weighted by Crippen LogP contribution is 2.36. The molecule has 4 nitrogen and oxygen atoms in total. The summed E-state index contributed by atoms with van der Waals surface area (Å²) in [6.07, 6.45) is 4.41. The maximum absolute atomic E-state index is 6.08. The molecule has 0 aromatic carbocycles. The molecule has 0 unspecified atom stereocenters. The quantitative estimate of drug-likeness (QED) is 0.924. The minimum Gasteiger partial charge on any atom is -0.383 e.